The lowest BCUT2D eigenvalue weighted by Gasteiger charge is -2.34. The van der Waals surface area contributed by atoms with Crippen LogP contribution in [0.4, 0.5) is 0 Å². The highest BCUT2D eigenvalue weighted by Crippen LogP contribution is 2.11. The van der Waals surface area contributed by atoms with Crippen LogP contribution in [0, 0.1) is 0 Å². The van der Waals surface area contributed by atoms with Crippen LogP contribution in [0.25, 0.3) is 0 Å². The molecule has 22 heavy (non-hydrogen) atoms. The lowest BCUT2D eigenvalue weighted by molar-refractivity contribution is -0.122. The van der Waals surface area contributed by atoms with Crippen LogP contribution in [-0.2, 0) is 4.79 Å². The number of rotatable bonds is 5. The van der Waals surface area contributed by atoms with Gasteiger partial charge in [0.2, 0.25) is 11.8 Å². The summed E-state index contributed by atoms with van der Waals surface area (Å²) in [5.74, 6) is 0.484. The summed E-state index contributed by atoms with van der Waals surface area (Å²) in [6, 6.07) is 3.40. The van der Waals surface area contributed by atoms with Gasteiger partial charge >= 0.3 is 0 Å². The van der Waals surface area contributed by atoms with Gasteiger partial charge in [-0.3, -0.25) is 14.5 Å². The average Bonchev–Trinajstić information content (AvgIpc) is 2.55. The van der Waals surface area contributed by atoms with E-state index in [-0.39, 0.29) is 11.8 Å². The van der Waals surface area contributed by atoms with Crippen LogP contribution >= 0.6 is 0 Å². The van der Waals surface area contributed by atoms with Crippen molar-refractivity contribution in [3.63, 3.8) is 0 Å². The molecule has 0 atom stereocenters. The first-order valence-corrected chi connectivity index (χ1v) is 7.42. The smallest absolute Gasteiger partial charge is 0.255 e. The third-order valence-electron chi connectivity index (χ3n) is 3.59. The van der Waals surface area contributed by atoms with Crippen LogP contribution in [0.15, 0.2) is 18.3 Å². The summed E-state index contributed by atoms with van der Waals surface area (Å²) in [6.07, 6.45) is 1.53. The number of nitrogens with zero attached hydrogens (tertiary/aromatic N) is 3. The minimum atomic E-state index is -0.0344. The lowest BCUT2D eigenvalue weighted by atomic mass is 10.2. The Morgan fingerprint density at radius 2 is 2.00 bits per heavy atom. The standard InChI is InChI=1S/C15H22N4O3/c1-3-16-13(20)11-18-6-8-19(9-7-18)15(21)12-4-5-14(22-2)17-10-12/h4-5,10H,3,6-9,11H2,1-2H3,(H,16,20). The number of carbonyl (C=O) groups is 2. The molecule has 0 unspecified atom stereocenters. The van der Waals surface area contributed by atoms with E-state index in [2.05, 4.69) is 15.2 Å². The van der Waals surface area contributed by atoms with Gasteiger partial charge in [0, 0.05) is 45.0 Å². The van der Waals surface area contributed by atoms with E-state index in [1.807, 2.05) is 6.92 Å². The molecular formula is C15H22N4O3. The maximum Gasteiger partial charge on any atom is 0.255 e. The second kappa shape index (κ2) is 7.74. The first kappa shape index (κ1) is 16.2. The Bertz CT molecular complexity index is 510. The topological polar surface area (TPSA) is 74.8 Å². The van der Waals surface area contributed by atoms with E-state index in [0.29, 0.717) is 50.7 Å². The normalized spacial score (nSPS) is 15.5. The van der Waals surface area contributed by atoms with Crippen molar-refractivity contribution in [2.24, 2.45) is 0 Å². The number of amides is 2. The van der Waals surface area contributed by atoms with Crippen molar-refractivity contribution in [1.29, 1.82) is 0 Å². The molecule has 0 saturated carbocycles. The number of carbonyl (C=O) groups excluding carboxylic acids is 2. The predicted octanol–water partition coefficient (Wildman–Crippen LogP) is -0.0159. The molecule has 7 nitrogen and oxygen atoms in total. The van der Waals surface area contributed by atoms with E-state index < -0.39 is 0 Å². The van der Waals surface area contributed by atoms with Crippen molar-refractivity contribution < 1.29 is 14.3 Å². The zero-order valence-electron chi connectivity index (χ0n) is 13.0. The highest BCUT2D eigenvalue weighted by molar-refractivity contribution is 5.94. The molecule has 1 aromatic rings. The molecule has 0 radical (unpaired) electrons. The molecule has 1 aromatic heterocycles. The summed E-state index contributed by atoms with van der Waals surface area (Å²) in [6.45, 7) is 5.56. The fourth-order valence-electron chi connectivity index (χ4n) is 2.38. The van der Waals surface area contributed by atoms with Gasteiger partial charge in [0.1, 0.15) is 0 Å². The third kappa shape index (κ3) is 4.17. The minimum absolute atomic E-state index is 0.0293. The SMILES string of the molecule is CCNC(=O)CN1CCN(C(=O)c2ccc(OC)nc2)CC1. The third-order valence-corrected chi connectivity index (χ3v) is 3.59. The van der Waals surface area contributed by atoms with E-state index in [0.717, 1.165) is 0 Å². The number of methoxy groups -OCH3 is 1. The molecule has 1 saturated heterocycles. The van der Waals surface area contributed by atoms with Crippen LogP contribution in [0.2, 0.25) is 0 Å². The maximum absolute atomic E-state index is 12.4. The summed E-state index contributed by atoms with van der Waals surface area (Å²) in [7, 11) is 1.54. The van der Waals surface area contributed by atoms with Crippen LogP contribution in [0.1, 0.15) is 17.3 Å². The molecule has 1 aliphatic rings. The van der Waals surface area contributed by atoms with Crippen molar-refractivity contribution in [2.75, 3.05) is 46.4 Å². The fraction of sp³-hybridized carbons (Fsp3) is 0.533. The Kier molecular flexibility index (Phi) is 5.71. The Balaban J connectivity index is 1.85. The molecule has 1 N–H and O–H groups in total. The van der Waals surface area contributed by atoms with Gasteiger partial charge in [-0.1, -0.05) is 0 Å². The molecule has 1 fully saturated rings. The Morgan fingerprint density at radius 1 is 1.27 bits per heavy atom. The minimum Gasteiger partial charge on any atom is -0.481 e. The van der Waals surface area contributed by atoms with E-state index >= 15 is 0 Å². The summed E-state index contributed by atoms with van der Waals surface area (Å²) < 4.78 is 4.98. The molecule has 0 aliphatic carbocycles. The van der Waals surface area contributed by atoms with Gasteiger partial charge in [0.05, 0.1) is 19.2 Å². The maximum atomic E-state index is 12.4. The summed E-state index contributed by atoms with van der Waals surface area (Å²) in [4.78, 5) is 31.8. The van der Waals surface area contributed by atoms with E-state index in [1.54, 1.807) is 17.0 Å². The molecule has 2 amide bonds. The van der Waals surface area contributed by atoms with Gasteiger partial charge in [-0.25, -0.2) is 4.98 Å². The van der Waals surface area contributed by atoms with Crippen molar-refractivity contribution in [2.45, 2.75) is 6.92 Å². The number of hydrogen-bond acceptors (Lipinski definition) is 5. The number of hydrogen-bond donors (Lipinski definition) is 1. The number of aromatic nitrogens is 1. The molecular weight excluding hydrogens is 284 g/mol. The molecule has 2 rings (SSSR count). The molecule has 2 heterocycles. The Morgan fingerprint density at radius 3 is 2.55 bits per heavy atom. The highest BCUT2D eigenvalue weighted by Gasteiger charge is 2.23. The molecule has 1 aliphatic heterocycles. The van der Waals surface area contributed by atoms with Crippen LogP contribution in [-0.4, -0.2) is 73.0 Å². The van der Waals surface area contributed by atoms with Gasteiger partial charge in [0.15, 0.2) is 0 Å². The summed E-state index contributed by atoms with van der Waals surface area (Å²) in [5, 5.41) is 2.78. The first-order valence-electron chi connectivity index (χ1n) is 7.42. The number of likely N-dealkylation sites (N-methyl/N-ethyl adjacent to an activating group) is 1. The van der Waals surface area contributed by atoms with Gasteiger partial charge in [0.25, 0.3) is 5.91 Å². The molecule has 0 bridgehead atoms. The quantitative estimate of drug-likeness (QED) is 0.828. The van der Waals surface area contributed by atoms with Crippen LogP contribution in [0.3, 0.4) is 0 Å². The van der Waals surface area contributed by atoms with Crippen molar-refractivity contribution >= 4 is 11.8 Å². The first-order chi connectivity index (χ1) is 10.6. The van der Waals surface area contributed by atoms with Crippen molar-refractivity contribution in [3.8, 4) is 5.88 Å². The van der Waals surface area contributed by atoms with Crippen molar-refractivity contribution in [1.82, 2.24) is 20.1 Å². The highest BCUT2D eigenvalue weighted by atomic mass is 16.5. The van der Waals surface area contributed by atoms with Crippen LogP contribution < -0.4 is 10.1 Å². The van der Waals surface area contributed by atoms with Gasteiger partial charge in [-0.2, -0.15) is 0 Å². The number of ether oxygens (including phenoxy) is 1. The second-order valence-electron chi connectivity index (χ2n) is 5.11. The zero-order valence-corrected chi connectivity index (χ0v) is 13.0. The lowest BCUT2D eigenvalue weighted by Crippen LogP contribution is -2.51. The number of nitrogens with one attached hydrogen (secondary N) is 1. The summed E-state index contributed by atoms with van der Waals surface area (Å²) in [5.41, 5.74) is 0.554. The monoisotopic (exact) mass is 306 g/mol. The van der Waals surface area contributed by atoms with Crippen molar-refractivity contribution in [3.05, 3.63) is 23.9 Å². The average molecular weight is 306 g/mol. The van der Waals surface area contributed by atoms with Gasteiger partial charge in [-0.05, 0) is 13.0 Å². The van der Waals surface area contributed by atoms with Gasteiger partial charge < -0.3 is 15.0 Å². The second-order valence-corrected chi connectivity index (χ2v) is 5.11. The van der Waals surface area contributed by atoms with Crippen LogP contribution in [0.5, 0.6) is 5.88 Å². The van der Waals surface area contributed by atoms with E-state index in [9.17, 15) is 9.59 Å². The number of pyridine rings is 1. The largest absolute Gasteiger partial charge is 0.481 e. The Labute approximate surface area is 130 Å². The van der Waals surface area contributed by atoms with E-state index in [1.165, 1.54) is 13.3 Å². The summed E-state index contributed by atoms with van der Waals surface area (Å²) >= 11 is 0. The number of piperazine rings is 1. The molecule has 0 aromatic carbocycles. The predicted molar refractivity (Wildman–Crippen MR) is 81.8 cm³/mol. The molecule has 7 heteroatoms. The van der Waals surface area contributed by atoms with Gasteiger partial charge in [-0.15, -0.1) is 0 Å². The Hall–Kier alpha value is -2.15. The fourth-order valence-corrected chi connectivity index (χ4v) is 2.38. The molecule has 0 spiro atoms. The zero-order chi connectivity index (χ0) is 15.9. The van der Waals surface area contributed by atoms with E-state index in [4.69, 9.17) is 4.74 Å². The molecule has 120 valence electrons.